The summed E-state index contributed by atoms with van der Waals surface area (Å²) in [6.45, 7) is 0. The third-order valence-electron chi connectivity index (χ3n) is 4.43. The van der Waals surface area contributed by atoms with Gasteiger partial charge in [0.15, 0.2) is 5.17 Å². The van der Waals surface area contributed by atoms with Crippen molar-refractivity contribution in [3.63, 3.8) is 0 Å². The van der Waals surface area contributed by atoms with Gasteiger partial charge < -0.3 is 5.32 Å². The molecule has 0 aromatic heterocycles. The van der Waals surface area contributed by atoms with Crippen LogP contribution >= 0.6 is 23.4 Å². The van der Waals surface area contributed by atoms with Gasteiger partial charge >= 0.3 is 0 Å². The molecule has 0 saturated carbocycles. The van der Waals surface area contributed by atoms with Crippen LogP contribution in [0, 0.1) is 0 Å². The number of nitrogens with zero attached hydrogens (tertiary/aromatic N) is 2. The standard InChI is InChI=1S/C23H18ClN3O2S/c24-16-11-13-18(14-12-16)25-21(28)15-20-22(29)27(19-9-5-2-6-10-19)23(30-20)26-17-7-3-1-4-8-17/h1-14,20H,15H2,(H,25,28)/t20-/m0/s1. The number of amides is 2. The number of para-hydroxylation sites is 2. The molecule has 0 radical (unpaired) electrons. The molecule has 30 heavy (non-hydrogen) atoms. The fraction of sp³-hybridized carbons (Fsp3) is 0.0870. The lowest BCUT2D eigenvalue weighted by Crippen LogP contribution is -2.33. The molecule has 1 aliphatic heterocycles. The molecular formula is C23H18ClN3O2S. The summed E-state index contributed by atoms with van der Waals surface area (Å²) in [7, 11) is 0. The molecule has 1 aliphatic rings. The molecule has 1 fully saturated rings. The van der Waals surface area contributed by atoms with Crippen LogP contribution in [-0.4, -0.2) is 22.2 Å². The zero-order chi connectivity index (χ0) is 20.9. The van der Waals surface area contributed by atoms with Crippen LogP contribution in [0.5, 0.6) is 0 Å². The second-order valence-corrected chi connectivity index (χ2v) is 8.21. The summed E-state index contributed by atoms with van der Waals surface area (Å²) in [5.41, 5.74) is 2.11. The number of hydrogen-bond donors (Lipinski definition) is 1. The van der Waals surface area contributed by atoms with Gasteiger partial charge in [0.05, 0.1) is 11.4 Å². The fourth-order valence-corrected chi connectivity index (χ4v) is 4.30. The SMILES string of the molecule is O=C(C[C@@H]1SC(=Nc2ccccc2)N(c2ccccc2)C1=O)Nc1ccc(Cl)cc1. The Balaban J connectivity index is 1.56. The number of carbonyl (C=O) groups is 2. The Kier molecular flexibility index (Phi) is 6.16. The van der Waals surface area contributed by atoms with Gasteiger partial charge in [-0.15, -0.1) is 0 Å². The van der Waals surface area contributed by atoms with Gasteiger partial charge in [-0.1, -0.05) is 59.8 Å². The van der Waals surface area contributed by atoms with Crippen molar-refractivity contribution in [3.05, 3.63) is 90.0 Å². The first-order valence-electron chi connectivity index (χ1n) is 9.35. The predicted octanol–water partition coefficient (Wildman–Crippen LogP) is 5.50. The summed E-state index contributed by atoms with van der Waals surface area (Å²) in [6, 6.07) is 25.6. The van der Waals surface area contributed by atoms with Crippen LogP contribution in [0.1, 0.15) is 6.42 Å². The minimum atomic E-state index is -0.556. The Labute approximate surface area is 183 Å². The summed E-state index contributed by atoms with van der Waals surface area (Å²) in [5, 5.41) is 3.41. The number of rotatable bonds is 5. The second-order valence-electron chi connectivity index (χ2n) is 6.60. The van der Waals surface area contributed by atoms with Crippen molar-refractivity contribution in [2.24, 2.45) is 4.99 Å². The normalized spacial score (nSPS) is 17.4. The van der Waals surface area contributed by atoms with Gasteiger partial charge in [0.1, 0.15) is 5.25 Å². The van der Waals surface area contributed by atoms with E-state index in [2.05, 4.69) is 10.3 Å². The minimum Gasteiger partial charge on any atom is -0.326 e. The van der Waals surface area contributed by atoms with Crippen LogP contribution in [0.4, 0.5) is 17.1 Å². The number of amidine groups is 1. The molecule has 3 aromatic rings. The van der Waals surface area contributed by atoms with Gasteiger partial charge in [0, 0.05) is 17.1 Å². The van der Waals surface area contributed by atoms with Crippen molar-refractivity contribution in [1.82, 2.24) is 0 Å². The quantitative estimate of drug-likeness (QED) is 0.575. The third kappa shape index (κ3) is 4.72. The number of carbonyl (C=O) groups excluding carboxylic acids is 2. The molecule has 3 aromatic carbocycles. The fourth-order valence-electron chi connectivity index (χ4n) is 3.02. The van der Waals surface area contributed by atoms with Crippen molar-refractivity contribution < 1.29 is 9.59 Å². The first-order chi connectivity index (χ1) is 14.6. The molecule has 150 valence electrons. The van der Waals surface area contributed by atoms with Crippen LogP contribution in [0.25, 0.3) is 0 Å². The van der Waals surface area contributed by atoms with E-state index >= 15 is 0 Å². The highest BCUT2D eigenvalue weighted by molar-refractivity contribution is 8.16. The Bertz CT molecular complexity index is 1070. The Morgan fingerprint density at radius 1 is 0.967 bits per heavy atom. The van der Waals surface area contributed by atoms with Crippen molar-refractivity contribution in [2.45, 2.75) is 11.7 Å². The molecular weight excluding hydrogens is 418 g/mol. The summed E-state index contributed by atoms with van der Waals surface area (Å²) < 4.78 is 0. The molecule has 1 N–H and O–H groups in total. The highest BCUT2D eigenvalue weighted by atomic mass is 35.5. The van der Waals surface area contributed by atoms with E-state index in [-0.39, 0.29) is 18.2 Å². The lowest BCUT2D eigenvalue weighted by atomic mass is 10.2. The maximum Gasteiger partial charge on any atom is 0.247 e. The van der Waals surface area contributed by atoms with Crippen LogP contribution in [0.2, 0.25) is 5.02 Å². The van der Waals surface area contributed by atoms with Crippen LogP contribution in [-0.2, 0) is 9.59 Å². The number of nitrogens with one attached hydrogen (secondary N) is 1. The molecule has 0 spiro atoms. The molecule has 1 heterocycles. The first kappa shape index (κ1) is 20.2. The number of hydrogen-bond acceptors (Lipinski definition) is 4. The Morgan fingerprint density at radius 2 is 1.60 bits per heavy atom. The summed E-state index contributed by atoms with van der Waals surface area (Å²) in [6.07, 6.45) is 0.0449. The van der Waals surface area contributed by atoms with E-state index in [1.165, 1.54) is 11.8 Å². The summed E-state index contributed by atoms with van der Waals surface area (Å²) in [4.78, 5) is 31.9. The van der Waals surface area contributed by atoms with E-state index in [1.807, 2.05) is 60.7 Å². The van der Waals surface area contributed by atoms with Gasteiger partial charge in [-0.05, 0) is 48.5 Å². The van der Waals surface area contributed by atoms with Crippen molar-refractivity contribution >= 4 is 57.4 Å². The first-order valence-corrected chi connectivity index (χ1v) is 10.6. The molecule has 7 heteroatoms. The van der Waals surface area contributed by atoms with Gasteiger partial charge in [-0.25, -0.2) is 4.99 Å². The summed E-state index contributed by atoms with van der Waals surface area (Å²) >= 11 is 7.18. The maximum atomic E-state index is 13.2. The van der Waals surface area contributed by atoms with Gasteiger partial charge in [0.25, 0.3) is 0 Å². The van der Waals surface area contributed by atoms with E-state index in [0.717, 1.165) is 11.4 Å². The molecule has 1 atom stereocenters. The van der Waals surface area contributed by atoms with Crippen molar-refractivity contribution in [1.29, 1.82) is 0 Å². The second kappa shape index (κ2) is 9.15. The van der Waals surface area contributed by atoms with E-state index in [4.69, 9.17) is 11.6 Å². The van der Waals surface area contributed by atoms with E-state index < -0.39 is 5.25 Å². The number of halogens is 1. The van der Waals surface area contributed by atoms with Crippen LogP contribution in [0.3, 0.4) is 0 Å². The molecule has 5 nitrogen and oxygen atoms in total. The van der Waals surface area contributed by atoms with Crippen molar-refractivity contribution in [3.8, 4) is 0 Å². The smallest absolute Gasteiger partial charge is 0.247 e. The van der Waals surface area contributed by atoms with Crippen LogP contribution < -0.4 is 10.2 Å². The lowest BCUT2D eigenvalue weighted by molar-refractivity contribution is -0.121. The Hall–Kier alpha value is -3.09. The summed E-state index contributed by atoms with van der Waals surface area (Å²) in [5.74, 6) is -0.399. The molecule has 1 saturated heterocycles. The topological polar surface area (TPSA) is 61.8 Å². The number of aliphatic imine (C=N–C) groups is 1. The number of benzene rings is 3. The number of anilines is 2. The van der Waals surface area contributed by atoms with E-state index in [0.29, 0.717) is 15.9 Å². The zero-order valence-corrected chi connectivity index (χ0v) is 17.4. The highest BCUT2D eigenvalue weighted by Gasteiger charge is 2.40. The van der Waals surface area contributed by atoms with E-state index in [1.54, 1.807) is 29.2 Å². The molecule has 0 aliphatic carbocycles. The zero-order valence-electron chi connectivity index (χ0n) is 15.9. The van der Waals surface area contributed by atoms with E-state index in [9.17, 15) is 9.59 Å². The van der Waals surface area contributed by atoms with Gasteiger partial charge in [-0.2, -0.15) is 0 Å². The Morgan fingerprint density at radius 3 is 2.27 bits per heavy atom. The average Bonchev–Trinajstić information content (AvgIpc) is 3.05. The highest BCUT2D eigenvalue weighted by Crippen LogP contribution is 2.35. The van der Waals surface area contributed by atoms with Gasteiger partial charge in [0.2, 0.25) is 11.8 Å². The minimum absolute atomic E-state index is 0.0449. The lowest BCUT2D eigenvalue weighted by Gasteiger charge is -2.16. The van der Waals surface area contributed by atoms with Gasteiger partial charge in [-0.3, -0.25) is 14.5 Å². The molecule has 2 amide bonds. The average molecular weight is 436 g/mol. The maximum absolute atomic E-state index is 13.2. The largest absolute Gasteiger partial charge is 0.326 e. The molecule has 0 bridgehead atoms. The van der Waals surface area contributed by atoms with Crippen LogP contribution in [0.15, 0.2) is 89.9 Å². The monoisotopic (exact) mass is 435 g/mol. The molecule has 0 unspecified atom stereocenters. The number of thioether (sulfide) groups is 1. The molecule has 4 rings (SSSR count). The predicted molar refractivity (Wildman–Crippen MR) is 124 cm³/mol. The van der Waals surface area contributed by atoms with Crippen molar-refractivity contribution in [2.75, 3.05) is 10.2 Å². The third-order valence-corrected chi connectivity index (χ3v) is 5.82.